The van der Waals surface area contributed by atoms with E-state index in [-0.39, 0.29) is 36.1 Å². The summed E-state index contributed by atoms with van der Waals surface area (Å²) in [5.74, 6) is -2.42. The van der Waals surface area contributed by atoms with Gasteiger partial charge in [0.15, 0.2) is 0 Å². The number of anilines is 2. The number of carbonyl (C=O) groups is 5. The Hall–Kier alpha value is -5.78. The summed E-state index contributed by atoms with van der Waals surface area (Å²) in [6, 6.07) is 16.6. The fourth-order valence-electron chi connectivity index (χ4n) is 6.55. The van der Waals surface area contributed by atoms with Crippen molar-refractivity contribution in [1.29, 1.82) is 5.26 Å². The molecule has 264 valence electrons. The van der Waals surface area contributed by atoms with Crippen molar-refractivity contribution < 1.29 is 24.0 Å². The minimum Gasteiger partial charge on any atom is -0.368 e. The third-order valence-corrected chi connectivity index (χ3v) is 10.1. The van der Waals surface area contributed by atoms with E-state index in [0.29, 0.717) is 52.7 Å². The van der Waals surface area contributed by atoms with E-state index in [4.69, 9.17) is 28.9 Å². The van der Waals surface area contributed by atoms with Gasteiger partial charge in [-0.1, -0.05) is 35.3 Å². The van der Waals surface area contributed by atoms with Gasteiger partial charge in [-0.3, -0.25) is 33.5 Å². The first-order chi connectivity index (χ1) is 24.8. The molecule has 2 fully saturated rings. The Bertz CT molecular complexity index is 2200. The molecule has 2 aromatic heterocycles. The van der Waals surface area contributed by atoms with Crippen molar-refractivity contribution in [2.24, 2.45) is 5.73 Å². The van der Waals surface area contributed by atoms with Crippen LogP contribution in [0.3, 0.4) is 0 Å². The van der Waals surface area contributed by atoms with Crippen molar-refractivity contribution in [3.63, 3.8) is 0 Å². The Balaban J connectivity index is 1.16. The van der Waals surface area contributed by atoms with Crippen LogP contribution in [0, 0.1) is 11.3 Å². The van der Waals surface area contributed by atoms with Crippen LogP contribution in [0.25, 0.3) is 0 Å². The molecular formula is C36H31Cl2N9O5. The highest BCUT2D eigenvalue weighted by Gasteiger charge is 2.57. The number of pyridine rings is 1. The maximum atomic E-state index is 14.4. The van der Waals surface area contributed by atoms with Crippen LogP contribution in [0.15, 0.2) is 67.0 Å². The predicted molar refractivity (Wildman–Crippen MR) is 189 cm³/mol. The monoisotopic (exact) mass is 739 g/mol. The molecule has 7 rings (SSSR count). The number of halogens is 2. The number of nitriles is 1. The van der Waals surface area contributed by atoms with E-state index in [0.717, 1.165) is 5.56 Å². The molecule has 3 heterocycles. The molecule has 1 atom stereocenters. The lowest BCUT2D eigenvalue weighted by molar-refractivity contribution is -0.125. The van der Waals surface area contributed by atoms with Gasteiger partial charge in [0.25, 0.3) is 17.7 Å². The molecule has 0 radical (unpaired) electrons. The summed E-state index contributed by atoms with van der Waals surface area (Å²) in [6.07, 6.45) is 4.84. The molecule has 14 nitrogen and oxygen atoms in total. The van der Waals surface area contributed by atoms with Crippen LogP contribution in [-0.2, 0) is 31.9 Å². The Morgan fingerprint density at radius 2 is 1.63 bits per heavy atom. The number of nitrogens with two attached hydrogens (primary N) is 1. The van der Waals surface area contributed by atoms with Crippen LogP contribution in [0.2, 0.25) is 10.0 Å². The maximum Gasteiger partial charge on any atom is 0.270 e. The highest BCUT2D eigenvalue weighted by Crippen LogP contribution is 2.48. The SMILES string of the molecule is C[C@@]1(Cc2ccc(C#N)cc2)C(=O)N(c2cc(Cl)cc(Cl)c2)c2ncc(C(=O)NC3(C(=O)NC4(c5cc(C(=O)NCC(N)=O)ccn5)CC4)CC3)n21. The summed E-state index contributed by atoms with van der Waals surface area (Å²) in [5, 5.41) is 18.3. The van der Waals surface area contributed by atoms with Crippen molar-refractivity contribution >= 4 is 64.4 Å². The second-order valence-electron chi connectivity index (χ2n) is 13.5. The number of amides is 5. The van der Waals surface area contributed by atoms with Gasteiger partial charge in [0.1, 0.15) is 16.8 Å². The van der Waals surface area contributed by atoms with Crippen molar-refractivity contribution in [3.05, 3.63) is 105 Å². The van der Waals surface area contributed by atoms with E-state index in [1.165, 1.54) is 29.4 Å². The summed E-state index contributed by atoms with van der Waals surface area (Å²) in [6.45, 7) is 1.38. The number of aromatic nitrogens is 3. The summed E-state index contributed by atoms with van der Waals surface area (Å²) in [5.41, 5.74) is 4.07. The normalized spacial score (nSPS) is 18.9. The topological polar surface area (TPSA) is 205 Å². The molecule has 0 bridgehead atoms. The first kappa shape index (κ1) is 34.7. The number of carbonyl (C=O) groups excluding carboxylic acids is 5. The van der Waals surface area contributed by atoms with E-state index in [1.54, 1.807) is 54.0 Å². The summed E-state index contributed by atoms with van der Waals surface area (Å²) in [7, 11) is 0. The van der Waals surface area contributed by atoms with Gasteiger partial charge in [-0.25, -0.2) is 9.88 Å². The summed E-state index contributed by atoms with van der Waals surface area (Å²) in [4.78, 5) is 76.3. The Morgan fingerprint density at radius 1 is 0.942 bits per heavy atom. The number of fused-ring (bicyclic) bond motifs is 1. The number of nitrogens with zero attached hydrogens (tertiary/aromatic N) is 5. The third-order valence-electron chi connectivity index (χ3n) is 9.65. The summed E-state index contributed by atoms with van der Waals surface area (Å²) >= 11 is 12.6. The van der Waals surface area contributed by atoms with Gasteiger partial charge in [0, 0.05) is 28.2 Å². The smallest absolute Gasteiger partial charge is 0.270 e. The van der Waals surface area contributed by atoms with Gasteiger partial charge in [-0.2, -0.15) is 5.26 Å². The largest absolute Gasteiger partial charge is 0.368 e. The molecule has 0 unspecified atom stereocenters. The molecule has 3 aliphatic rings. The minimum absolute atomic E-state index is 0.0617. The zero-order valence-corrected chi connectivity index (χ0v) is 29.2. The van der Waals surface area contributed by atoms with Gasteiger partial charge in [-0.15, -0.1) is 0 Å². The molecule has 16 heteroatoms. The number of rotatable bonds is 11. The van der Waals surface area contributed by atoms with Gasteiger partial charge in [0.05, 0.1) is 41.3 Å². The fraction of sp³-hybridized carbons (Fsp3) is 0.278. The first-order valence-corrected chi connectivity index (χ1v) is 17.1. The average Bonchev–Trinajstić information content (AvgIpc) is 4.02. The molecule has 4 aromatic rings. The first-order valence-electron chi connectivity index (χ1n) is 16.3. The zero-order valence-electron chi connectivity index (χ0n) is 27.7. The van der Waals surface area contributed by atoms with Gasteiger partial charge in [0.2, 0.25) is 17.8 Å². The van der Waals surface area contributed by atoms with Crippen LogP contribution < -0.4 is 26.6 Å². The fourth-order valence-corrected chi connectivity index (χ4v) is 7.06. The molecule has 52 heavy (non-hydrogen) atoms. The minimum atomic E-state index is -1.36. The number of hydrogen-bond donors (Lipinski definition) is 4. The van der Waals surface area contributed by atoms with Crippen LogP contribution in [0.5, 0.6) is 0 Å². The Kier molecular flexibility index (Phi) is 8.51. The van der Waals surface area contributed by atoms with E-state index >= 15 is 0 Å². The number of benzene rings is 2. The molecule has 2 aromatic carbocycles. The molecule has 0 saturated heterocycles. The molecular weight excluding hydrogens is 709 g/mol. The Morgan fingerprint density at radius 3 is 2.25 bits per heavy atom. The lowest BCUT2D eigenvalue weighted by atomic mass is 9.91. The van der Waals surface area contributed by atoms with Crippen molar-refractivity contribution in [3.8, 4) is 6.07 Å². The molecule has 5 N–H and O–H groups in total. The molecule has 1 aliphatic heterocycles. The number of nitrogens with one attached hydrogen (secondary N) is 3. The molecule has 2 saturated carbocycles. The second-order valence-corrected chi connectivity index (χ2v) is 14.3. The zero-order chi connectivity index (χ0) is 37.0. The predicted octanol–water partition coefficient (Wildman–Crippen LogP) is 3.38. The Labute approximate surface area is 307 Å². The van der Waals surface area contributed by atoms with Gasteiger partial charge in [-0.05, 0) is 80.6 Å². The van der Waals surface area contributed by atoms with E-state index < -0.39 is 40.2 Å². The van der Waals surface area contributed by atoms with Crippen LogP contribution in [0.4, 0.5) is 11.6 Å². The molecule has 5 amide bonds. The second kappa shape index (κ2) is 12.8. The summed E-state index contributed by atoms with van der Waals surface area (Å²) < 4.78 is 1.56. The quantitative estimate of drug-likeness (QED) is 0.179. The van der Waals surface area contributed by atoms with Gasteiger partial charge >= 0.3 is 0 Å². The van der Waals surface area contributed by atoms with Crippen molar-refractivity contribution in [2.45, 2.75) is 55.6 Å². The van der Waals surface area contributed by atoms with Crippen LogP contribution in [0.1, 0.15) is 70.3 Å². The number of imidazole rings is 1. The average molecular weight is 741 g/mol. The number of primary amides is 1. The van der Waals surface area contributed by atoms with E-state index in [9.17, 15) is 29.2 Å². The molecule has 2 aliphatic carbocycles. The van der Waals surface area contributed by atoms with E-state index in [2.05, 4.69) is 32.0 Å². The standard InChI is InChI=1S/C36H31Cl2N9O5/c1-34(16-20-2-4-21(17-39)5-3-20)32(52)46(25-14-23(37)13-24(38)15-25)33-43-18-26(47(33)34)30(50)44-36(9-10-36)31(51)45-35(7-8-35)27-12-22(6-11-41-27)29(49)42-19-28(40)48/h2-6,11-15,18H,7-10,16,19H2,1H3,(H2,40,48)(H,42,49)(H,44,50)(H,45,51)/t34-/m1/s1. The van der Waals surface area contributed by atoms with E-state index in [1.807, 2.05) is 0 Å². The van der Waals surface area contributed by atoms with Crippen LogP contribution in [-0.4, -0.2) is 56.2 Å². The maximum absolute atomic E-state index is 14.4. The van der Waals surface area contributed by atoms with Crippen molar-refractivity contribution in [2.75, 3.05) is 11.4 Å². The van der Waals surface area contributed by atoms with Crippen LogP contribution >= 0.6 is 23.2 Å². The lowest BCUT2D eigenvalue weighted by Crippen LogP contribution is -2.52. The van der Waals surface area contributed by atoms with Crippen molar-refractivity contribution in [1.82, 2.24) is 30.5 Å². The van der Waals surface area contributed by atoms with Gasteiger partial charge < -0.3 is 21.7 Å². The highest BCUT2D eigenvalue weighted by atomic mass is 35.5. The third kappa shape index (κ3) is 6.22. The lowest BCUT2D eigenvalue weighted by Gasteiger charge is -2.27. The molecule has 0 spiro atoms. The highest BCUT2D eigenvalue weighted by molar-refractivity contribution is 6.35. The number of hydrogen-bond acceptors (Lipinski definition) is 8.